The number of carbonyl (C=O) groups is 2. The summed E-state index contributed by atoms with van der Waals surface area (Å²) in [7, 11) is 0. The average Bonchev–Trinajstić information content (AvgIpc) is 3.17. The predicted octanol–water partition coefficient (Wildman–Crippen LogP) is 3.55. The average molecular weight is 436 g/mol. The molecular weight excluding hydrogens is 406 g/mol. The van der Waals surface area contributed by atoms with Crippen molar-refractivity contribution in [2.24, 2.45) is 0 Å². The highest BCUT2D eigenvalue weighted by Crippen LogP contribution is 2.32. The largest absolute Gasteiger partial charge is 0.338 e. The summed E-state index contributed by atoms with van der Waals surface area (Å²) < 4.78 is 2.22. The lowest BCUT2D eigenvalue weighted by atomic mass is 10.0. The number of urea groups is 1. The Kier molecular flexibility index (Phi) is 7.01. The number of hydroxylamine groups is 1. The maximum atomic E-state index is 12.8. The van der Waals surface area contributed by atoms with Crippen LogP contribution in [0.3, 0.4) is 0 Å². The van der Waals surface area contributed by atoms with Crippen LogP contribution in [0.25, 0.3) is 16.7 Å². The van der Waals surface area contributed by atoms with E-state index in [1.165, 1.54) is 11.3 Å². The van der Waals surface area contributed by atoms with E-state index in [1.807, 2.05) is 35.2 Å². The van der Waals surface area contributed by atoms with E-state index in [4.69, 9.17) is 5.21 Å². The molecule has 8 heteroatoms. The zero-order chi connectivity index (χ0) is 22.3. The normalized spacial score (nSPS) is 13.1. The molecule has 8 nitrogen and oxygen atoms in total. The maximum Gasteiger partial charge on any atom is 0.317 e. The van der Waals surface area contributed by atoms with Gasteiger partial charge in [-0.25, -0.2) is 15.3 Å². The van der Waals surface area contributed by atoms with Crippen molar-refractivity contribution in [2.45, 2.75) is 45.1 Å². The van der Waals surface area contributed by atoms with E-state index in [1.54, 1.807) is 11.7 Å². The molecule has 0 spiro atoms. The van der Waals surface area contributed by atoms with Gasteiger partial charge in [-0.15, -0.1) is 0 Å². The van der Waals surface area contributed by atoms with Gasteiger partial charge in [0.1, 0.15) is 5.82 Å². The molecule has 0 saturated carbocycles. The van der Waals surface area contributed by atoms with Gasteiger partial charge in [0.05, 0.1) is 5.52 Å². The fourth-order valence-electron chi connectivity index (χ4n) is 4.36. The Morgan fingerprint density at radius 2 is 1.84 bits per heavy atom. The van der Waals surface area contributed by atoms with Crippen molar-refractivity contribution in [1.82, 2.24) is 25.2 Å². The Bertz CT molecular complexity index is 1080. The predicted molar refractivity (Wildman–Crippen MR) is 122 cm³/mol. The zero-order valence-corrected chi connectivity index (χ0v) is 18.1. The van der Waals surface area contributed by atoms with Crippen LogP contribution >= 0.6 is 0 Å². The van der Waals surface area contributed by atoms with E-state index in [-0.39, 0.29) is 11.9 Å². The summed E-state index contributed by atoms with van der Waals surface area (Å²) in [5, 5.41) is 12.7. The molecular formula is C24H29N5O3. The molecule has 0 aliphatic carbocycles. The summed E-state index contributed by atoms with van der Waals surface area (Å²) in [4.78, 5) is 30.2. The number of hydrogen-bond donors (Lipinski definition) is 3. The molecule has 2 aromatic heterocycles. The number of nitrogens with one attached hydrogen (secondary N) is 2. The smallest absolute Gasteiger partial charge is 0.317 e. The van der Waals surface area contributed by atoms with Gasteiger partial charge in [-0.05, 0) is 31.0 Å². The topological polar surface area (TPSA) is 99.5 Å². The van der Waals surface area contributed by atoms with Crippen LogP contribution in [0.4, 0.5) is 4.79 Å². The third kappa shape index (κ3) is 4.75. The van der Waals surface area contributed by atoms with Crippen LogP contribution in [0, 0.1) is 0 Å². The minimum Gasteiger partial charge on any atom is -0.338 e. The molecule has 3 aromatic rings. The molecule has 168 valence electrons. The van der Waals surface area contributed by atoms with E-state index >= 15 is 0 Å². The van der Waals surface area contributed by atoms with Gasteiger partial charge in [0.25, 0.3) is 0 Å². The van der Waals surface area contributed by atoms with E-state index in [0.717, 1.165) is 48.8 Å². The Balaban J connectivity index is 1.37. The van der Waals surface area contributed by atoms with Crippen LogP contribution in [-0.4, -0.2) is 44.7 Å². The molecule has 0 bridgehead atoms. The number of amides is 3. The molecule has 3 N–H and O–H groups in total. The zero-order valence-electron chi connectivity index (χ0n) is 18.1. The van der Waals surface area contributed by atoms with Crippen molar-refractivity contribution in [1.29, 1.82) is 0 Å². The molecule has 0 fully saturated rings. The number of aromatic nitrogens is 2. The first-order chi connectivity index (χ1) is 15.7. The fourth-order valence-corrected chi connectivity index (χ4v) is 4.36. The molecule has 1 aliphatic rings. The standard InChI is InChI=1S/C24H29N5O3/c30-23(27-32)12-3-1-2-7-15-26-24(31)28-16-13-21-19(17-28)18-9-4-5-10-20(18)29(21)22-11-6-8-14-25-22/h4-6,8-11,14,32H,1-3,7,12-13,15-17H2,(H,26,31)(H,27,30). The monoisotopic (exact) mass is 435 g/mol. The van der Waals surface area contributed by atoms with Crippen molar-refractivity contribution in [3.8, 4) is 5.82 Å². The van der Waals surface area contributed by atoms with E-state index in [2.05, 4.69) is 27.0 Å². The summed E-state index contributed by atoms with van der Waals surface area (Å²) in [6, 6.07) is 14.2. The number of nitrogens with zero attached hydrogens (tertiary/aromatic N) is 3. The minimum absolute atomic E-state index is 0.0371. The second-order valence-corrected chi connectivity index (χ2v) is 8.07. The minimum atomic E-state index is -0.354. The fraction of sp³-hybridized carbons (Fsp3) is 0.375. The number of benzene rings is 1. The summed E-state index contributed by atoms with van der Waals surface area (Å²) >= 11 is 0. The number of rotatable bonds is 8. The number of para-hydroxylation sites is 1. The van der Waals surface area contributed by atoms with Crippen LogP contribution in [0.15, 0.2) is 48.7 Å². The van der Waals surface area contributed by atoms with Gasteiger partial charge in [0.2, 0.25) is 5.91 Å². The first-order valence-corrected chi connectivity index (χ1v) is 11.2. The van der Waals surface area contributed by atoms with Crippen LogP contribution in [-0.2, 0) is 17.8 Å². The van der Waals surface area contributed by atoms with Crippen LogP contribution in [0.5, 0.6) is 0 Å². The molecule has 0 radical (unpaired) electrons. The lowest BCUT2D eigenvalue weighted by molar-refractivity contribution is -0.129. The number of carbonyl (C=O) groups excluding carboxylic acids is 2. The quantitative estimate of drug-likeness (QED) is 0.286. The Morgan fingerprint density at radius 1 is 1.03 bits per heavy atom. The third-order valence-corrected chi connectivity index (χ3v) is 5.95. The van der Waals surface area contributed by atoms with Crippen molar-refractivity contribution in [2.75, 3.05) is 13.1 Å². The second kappa shape index (κ2) is 10.3. The van der Waals surface area contributed by atoms with E-state index in [0.29, 0.717) is 26.1 Å². The number of pyridine rings is 1. The number of unbranched alkanes of at least 4 members (excludes halogenated alkanes) is 3. The van der Waals surface area contributed by atoms with Crippen LogP contribution in [0.2, 0.25) is 0 Å². The van der Waals surface area contributed by atoms with Gasteiger partial charge < -0.3 is 10.2 Å². The number of fused-ring (bicyclic) bond motifs is 3. The molecule has 0 atom stereocenters. The first-order valence-electron chi connectivity index (χ1n) is 11.2. The van der Waals surface area contributed by atoms with E-state index in [9.17, 15) is 9.59 Å². The molecule has 1 aromatic carbocycles. The number of hydrogen-bond acceptors (Lipinski definition) is 4. The molecule has 4 rings (SSSR count). The summed E-state index contributed by atoms with van der Waals surface area (Å²) in [5.74, 6) is 0.548. The Morgan fingerprint density at radius 3 is 2.66 bits per heavy atom. The van der Waals surface area contributed by atoms with Crippen molar-refractivity contribution < 1.29 is 14.8 Å². The SMILES string of the molecule is O=C(CCCCCCNC(=O)N1CCc2c(c3ccccc3n2-c2ccccn2)C1)NO. The van der Waals surface area contributed by atoms with Crippen molar-refractivity contribution in [3.05, 3.63) is 59.9 Å². The highest BCUT2D eigenvalue weighted by molar-refractivity contribution is 5.88. The van der Waals surface area contributed by atoms with Gasteiger partial charge in [-0.2, -0.15) is 0 Å². The highest BCUT2D eigenvalue weighted by Gasteiger charge is 2.27. The molecule has 3 amide bonds. The first kappa shape index (κ1) is 21.8. The van der Waals surface area contributed by atoms with Gasteiger partial charge in [-0.1, -0.05) is 37.1 Å². The maximum absolute atomic E-state index is 12.8. The molecule has 3 heterocycles. The molecule has 1 aliphatic heterocycles. The van der Waals surface area contributed by atoms with Gasteiger partial charge in [-0.3, -0.25) is 14.6 Å². The summed E-state index contributed by atoms with van der Waals surface area (Å²) in [5.41, 5.74) is 5.17. The van der Waals surface area contributed by atoms with Gasteiger partial charge in [0.15, 0.2) is 0 Å². The van der Waals surface area contributed by atoms with E-state index < -0.39 is 0 Å². The molecule has 0 unspecified atom stereocenters. The van der Waals surface area contributed by atoms with Crippen LogP contribution in [0.1, 0.15) is 43.4 Å². The molecule has 0 saturated heterocycles. The Labute approximate surface area is 187 Å². The Hall–Kier alpha value is -3.39. The lowest BCUT2D eigenvalue weighted by Gasteiger charge is -2.28. The summed E-state index contributed by atoms with van der Waals surface area (Å²) in [6.45, 7) is 1.86. The summed E-state index contributed by atoms with van der Waals surface area (Å²) in [6.07, 6.45) is 6.33. The van der Waals surface area contributed by atoms with Crippen molar-refractivity contribution in [3.63, 3.8) is 0 Å². The van der Waals surface area contributed by atoms with Crippen LogP contribution < -0.4 is 10.8 Å². The highest BCUT2D eigenvalue weighted by atomic mass is 16.5. The van der Waals surface area contributed by atoms with Gasteiger partial charge >= 0.3 is 6.03 Å². The van der Waals surface area contributed by atoms with Gasteiger partial charge in [0, 0.05) is 55.3 Å². The second-order valence-electron chi connectivity index (χ2n) is 8.07. The van der Waals surface area contributed by atoms with Crippen molar-refractivity contribution >= 4 is 22.8 Å². The molecule has 32 heavy (non-hydrogen) atoms. The third-order valence-electron chi connectivity index (χ3n) is 5.95. The lowest BCUT2D eigenvalue weighted by Crippen LogP contribution is -2.43.